The largest absolute Gasteiger partial charge is 0.495 e. The van der Waals surface area contributed by atoms with E-state index < -0.39 is 0 Å². The number of hydrogen-bond acceptors (Lipinski definition) is 6. The smallest absolute Gasteiger partial charge is 0.267 e. The van der Waals surface area contributed by atoms with E-state index in [4.69, 9.17) is 9.72 Å². The van der Waals surface area contributed by atoms with Crippen molar-refractivity contribution < 1.29 is 9.53 Å². The number of nitrogens with zero attached hydrogens (tertiary/aromatic N) is 2. The van der Waals surface area contributed by atoms with E-state index in [0.717, 1.165) is 36.1 Å². The van der Waals surface area contributed by atoms with Gasteiger partial charge in [0.05, 0.1) is 23.9 Å². The van der Waals surface area contributed by atoms with Gasteiger partial charge in [-0.05, 0) is 64.2 Å². The maximum absolute atomic E-state index is 13.8. The van der Waals surface area contributed by atoms with Gasteiger partial charge in [-0.2, -0.15) is 0 Å². The van der Waals surface area contributed by atoms with Gasteiger partial charge in [-0.3, -0.25) is 14.2 Å². The number of thioether (sulfide) groups is 1. The summed E-state index contributed by atoms with van der Waals surface area (Å²) < 4.78 is 7.14. The number of carbonyl (C=O) groups excluding carboxylic acids is 1. The van der Waals surface area contributed by atoms with Gasteiger partial charge in [0, 0.05) is 10.4 Å². The zero-order valence-electron chi connectivity index (χ0n) is 18.3. The van der Waals surface area contributed by atoms with E-state index in [1.165, 1.54) is 16.6 Å². The zero-order chi connectivity index (χ0) is 22.2. The van der Waals surface area contributed by atoms with Crippen LogP contribution in [0.5, 0.6) is 5.75 Å². The van der Waals surface area contributed by atoms with Crippen molar-refractivity contribution in [3.05, 3.63) is 45.1 Å². The summed E-state index contributed by atoms with van der Waals surface area (Å²) in [5.74, 6) is 0.676. The standard InChI is InChI=1S/C23H27N3O3S2/c1-23(2,3)25-18(27)13-30-22-24-20-19(14-9-5-8-12-17(14)31-20)21(28)26(22)15-10-6-7-11-16(15)29-4/h6-7,10-11H,5,8-9,12-13H2,1-4H3,(H,25,27). The molecule has 31 heavy (non-hydrogen) atoms. The van der Waals surface area contributed by atoms with Crippen LogP contribution in [0.3, 0.4) is 0 Å². The van der Waals surface area contributed by atoms with Crippen LogP contribution >= 0.6 is 23.1 Å². The first-order valence-corrected chi connectivity index (χ1v) is 12.2. The number of carbonyl (C=O) groups is 1. The number of benzene rings is 1. The molecule has 8 heteroatoms. The van der Waals surface area contributed by atoms with Gasteiger partial charge >= 0.3 is 0 Å². The maximum Gasteiger partial charge on any atom is 0.267 e. The average Bonchev–Trinajstić information content (AvgIpc) is 3.09. The summed E-state index contributed by atoms with van der Waals surface area (Å²) >= 11 is 2.89. The molecule has 1 aliphatic rings. The number of nitrogens with one attached hydrogen (secondary N) is 1. The number of amides is 1. The lowest BCUT2D eigenvalue weighted by Crippen LogP contribution is -2.41. The first-order valence-electron chi connectivity index (χ1n) is 10.4. The van der Waals surface area contributed by atoms with Crippen LogP contribution in [0.4, 0.5) is 0 Å². The molecular formula is C23H27N3O3S2. The zero-order valence-corrected chi connectivity index (χ0v) is 19.9. The van der Waals surface area contributed by atoms with Gasteiger partial charge in [-0.15, -0.1) is 11.3 Å². The minimum absolute atomic E-state index is 0.0902. The maximum atomic E-state index is 13.8. The van der Waals surface area contributed by atoms with E-state index in [1.807, 2.05) is 45.0 Å². The van der Waals surface area contributed by atoms with Crippen molar-refractivity contribution in [3.63, 3.8) is 0 Å². The van der Waals surface area contributed by atoms with Crippen molar-refractivity contribution >= 4 is 39.2 Å². The molecule has 1 N–H and O–H groups in total. The number of rotatable bonds is 5. The van der Waals surface area contributed by atoms with Gasteiger partial charge in [0.1, 0.15) is 10.6 Å². The van der Waals surface area contributed by atoms with Gasteiger partial charge in [-0.25, -0.2) is 4.98 Å². The highest BCUT2D eigenvalue weighted by Crippen LogP contribution is 2.36. The average molecular weight is 458 g/mol. The van der Waals surface area contributed by atoms with Gasteiger partial charge in [0.25, 0.3) is 5.56 Å². The van der Waals surface area contributed by atoms with Crippen LogP contribution in [0, 0.1) is 0 Å². The normalized spacial score (nSPS) is 13.8. The predicted octanol–water partition coefficient (Wildman–Crippen LogP) is 4.34. The van der Waals surface area contributed by atoms with E-state index in [2.05, 4.69) is 5.32 Å². The molecule has 1 amide bonds. The third kappa shape index (κ3) is 4.50. The van der Waals surface area contributed by atoms with Gasteiger partial charge < -0.3 is 10.1 Å². The molecule has 3 aromatic rings. The lowest BCUT2D eigenvalue weighted by molar-refractivity contribution is -0.119. The first-order chi connectivity index (χ1) is 14.8. The molecule has 0 aliphatic heterocycles. The van der Waals surface area contributed by atoms with E-state index in [9.17, 15) is 9.59 Å². The van der Waals surface area contributed by atoms with E-state index in [1.54, 1.807) is 23.0 Å². The van der Waals surface area contributed by atoms with Crippen LogP contribution in [0.15, 0.2) is 34.2 Å². The van der Waals surface area contributed by atoms with Crippen molar-refractivity contribution in [1.29, 1.82) is 0 Å². The number of aryl methyl sites for hydroxylation is 2. The van der Waals surface area contributed by atoms with Crippen LogP contribution in [0.1, 0.15) is 44.1 Å². The monoisotopic (exact) mass is 457 g/mol. The summed E-state index contributed by atoms with van der Waals surface area (Å²) in [6, 6.07) is 7.43. The van der Waals surface area contributed by atoms with Crippen molar-refractivity contribution in [2.45, 2.75) is 57.1 Å². The second-order valence-electron chi connectivity index (χ2n) is 8.68. The summed E-state index contributed by atoms with van der Waals surface area (Å²) in [6.45, 7) is 5.84. The summed E-state index contributed by atoms with van der Waals surface area (Å²) in [5, 5.41) is 4.19. The highest BCUT2D eigenvalue weighted by atomic mass is 32.2. The van der Waals surface area contributed by atoms with Crippen molar-refractivity contribution in [1.82, 2.24) is 14.9 Å². The van der Waals surface area contributed by atoms with Crippen LogP contribution in [0.2, 0.25) is 0 Å². The number of para-hydroxylation sites is 2. The Morgan fingerprint density at radius 1 is 1.26 bits per heavy atom. The Hall–Kier alpha value is -2.32. The molecule has 0 saturated heterocycles. The van der Waals surface area contributed by atoms with E-state index >= 15 is 0 Å². The Labute approximate surface area is 190 Å². The Morgan fingerprint density at radius 2 is 2.00 bits per heavy atom. The minimum atomic E-state index is -0.315. The third-order valence-electron chi connectivity index (χ3n) is 5.13. The molecule has 1 aromatic carbocycles. The van der Waals surface area contributed by atoms with Crippen molar-refractivity contribution in [2.75, 3.05) is 12.9 Å². The summed E-state index contributed by atoms with van der Waals surface area (Å²) in [4.78, 5) is 33.1. The molecule has 0 spiro atoms. The predicted molar refractivity (Wildman–Crippen MR) is 127 cm³/mol. The highest BCUT2D eigenvalue weighted by Gasteiger charge is 2.24. The molecule has 164 valence electrons. The molecule has 0 unspecified atom stereocenters. The second-order valence-corrected chi connectivity index (χ2v) is 10.7. The Kier molecular flexibility index (Phi) is 6.12. The molecule has 2 heterocycles. The molecule has 4 rings (SSSR count). The molecule has 0 atom stereocenters. The fraction of sp³-hybridized carbons (Fsp3) is 0.435. The number of aromatic nitrogens is 2. The Balaban J connectivity index is 1.85. The van der Waals surface area contributed by atoms with Crippen LogP contribution in [0.25, 0.3) is 15.9 Å². The second kappa shape index (κ2) is 8.67. The van der Waals surface area contributed by atoms with Gasteiger partial charge in [-0.1, -0.05) is 23.9 Å². The number of methoxy groups -OCH3 is 1. The number of fused-ring (bicyclic) bond motifs is 3. The summed E-state index contributed by atoms with van der Waals surface area (Å²) in [7, 11) is 1.59. The number of thiophene rings is 1. The molecule has 0 saturated carbocycles. The first kappa shape index (κ1) is 21.9. The number of hydrogen-bond donors (Lipinski definition) is 1. The topological polar surface area (TPSA) is 73.2 Å². The van der Waals surface area contributed by atoms with E-state index in [0.29, 0.717) is 22.0 Å². The van der Waals surface area contributed by atoms with Crippen LogP contribution in [-0.2, 0) is 17.6 Å². The van der Waals surface area contributed by atoms with E-state index in [-0.39, 0.29) is 22.8 Å². The van der Waals surface area contributed by atoms with Gasteiger partial charge in [0.2, 0.25) is 5.91 Å². The SMILES string of the molecule is COc1ccccc1-n1c(SCC(=O)NC(C)(C)C)nc2sc3c(c2c1=O)CCCC3. The van der Waals surface area contributed by atoms with Gasteiger partial charge in [0.15, 0.2) is 5.16 Å². The molecule has 6 nitrogen and oxygen atoms in total. The lowest BCUT2D eigenvalue weighted by Gasteiger charge is -2.20. The fourth-order valence-corrected chi connectivity index (χ4v) is 6.00. The third-order valence-corrected chi connectivity index (χ3v) is 7.26. The van der Waals surface area contributed by atoms with Crippen LogP contribution < -0.4 is 15.6 Å². The summed E-state index contributed by atoms with van der Waals surface area (Å²) in [6.07, 6.45) is 4.16. The van der Waals surface area contributed by atoms with Crippen molar-refractivity contribution in [2.24, 2.45) is 0 Å². The fourth-order valence-electron chi connectivity index (χ4n) is 3.89. The molecule has 0 fully saturated rings. The Bertz CT molecular complexity index is 1190. The summed E-state index contributed by atoms with van der Waals surface area (Å²) in [5.41, 5.74) is 1.38. The molecular weight excluding hydrogens is 430 g/mol. The van der Waals surface area contributed by atoms with Crippen molar-refractivity contribution in [3.8, 4) is 11.4 Å². The Morgan fingerprint density at radius 3 is 2.74 bits per heavy atom. The molecule has 0 radical (unpaired) electrons. The molecule has 1 aliphatic carbocycles. The lowest BCUT2D eigenvalue weighted by atomic mass is 9.97. The molecule has 2 aromatic heterocycles. The van der Waals surface area contributed by atoms with Crippen LogP contribution in [-0.4, -0.2) is 33.9 Å². The minimum Gasteiger partial charge on any atom is -0.495 e. The highest BCUT2D eigenvalue weighted by molar-refractivity contribution is 7.99. The quantitative estimate of drug-likeness (QED) is 0.456. The molecule has 0 bridgehead atoms. The number of ether oxygens (including phenoxy) is 1.